The SMILES string of the molecule is S=c1[nH]nc(C2=CC=CCC2)s1. The third-order valence-corrected chi connectivity index (χ3v) is 2.89. The van der Waals surface area contributed by atoms with Crippen LogP contribution in [0.5, 0.6) is 0 Å². The molecule has 0 saturated carbocycles. The standard InChI is InChI=1S/C8H8N2S2/c11-8-10-9-7(12-8)6-4-2-1-3-5-6/h1-2,4H,3,5H2,(H,10,11). The normalized spacial score (nSPS) is 16.2. The summed E-state index contributed by atoms with van der Waals surface area (Å²) < 4.78 is 0.750. The second-order valence-electron chi connectivity index (χ2n) is 2.58. The van der Waals surface area contributed by atoms with Crippen LogP contribution in [0, 0.1) is 3.95 Å². The fourth-order valence-corrected chi connectivity index (χ4v) is 2.09. The second kappa shape index (κ2) is 3.33. The Hall–Kier alpha value is -0.740. The number of rotatable bonds is 1. The molecule has 12 heavy (non-hydrogen) atoms. The Bertz CT molecular complexity index is 384. The third-order valence-electron chi connectivity index (χ3n) is 1.73. The summed E-state index contributed by atoms with van der Waals surface area (Å²) in [6, 6.07) is 0. The zero-order valence-corrected chi connectivity index (χ0v) is 8.04. The van der Waals surface area contributed by atoms with Crippen LogP contribution < -0.4 is 0 Å². The van der Waals surface area contributed by atoms with Crippen molar-refractivity contribution in [2.75, 3.05) is 0 Å². The smallest absolute Gasteiger partial charge is 0.176 e. The first-order valence-corrected chi connectivity index (χ1v) is 5.00. The third kappa shape index (κ3) is 1.54. The number of hydrogen-bond donors (Lipinski definition) is 1. The first kappa shape index (κ1) is 7.89. The molecule has 0 aromatic carbocycles. The van der Waals surface area contributed by atoms with Gasteiger partial charge in [0, 0.05) is 0 Å². The highest BCUT2D eigenvalue weighted by atomic mass is 32.1. The monoisotopic (exact) mass is 196 g/mol. The van der Waals surface area contributed by atoms with Gasteiger partial charge in [-0.05, 0) is 30.6 Å². The second-order valence-corrected chi connectivity index (χ2v) is 4.24. The minimum Gasteiger partial charge on any atom is -0.258 e. The van der Waals surface area contributed by atoms with Crippen molar-refractivity contribution in [1.82, 2.24) is 10.2 Å². The van der Waals surface area contributed by atoms with Gasteiger partial charge in [0.2, 0.25) is 0 Å². The Labute approximate surface area is 79.6 Å². The molecule has 1 N–H and O–H groups in total. The van der Waals surface area contributed by atoms with E-state index in [0.29, 0.717) is 0 Å². The summed E-state index contributed by atoms with van der Waals surface area (Å²) in [5, 5.41) is 7.94. The van der Waals surface area contributed by atoms with Crippen molar-refractivity contribution in [2.45, 2.75) is 12.8 Å². The van der Waals surface area contributed by atoms with Gasteiger partial charge in [0.25, 0.3) is 0 Å². The Balaban J connectivity index is 2.36. The predicted molar refractivity (Wildman–Crippen MR) is 53.6 cm³/mol. The van der Waals surface area contributed by atoms with Crippen LogP contribution in [0.1, 0.15) is 17.8 Å². The van der Waals surface area contributed by atoms with Crippen molar-refractivity contribution < 1.29 is 0 Å². The molecular formula is C8H8N2S2. The van der Waals surface area contributed by atoms with Crippen LogP contribution in [-0.2, 0) is 0 Å². The van der Waals surface area contributed by atoms with Crippen molar-refractivity contribution in [3.05, 3.63) is 27.2 Å². The molecule has 1 aromatic rings. The zero-order chi connectivity index (χ0) is 8.39. The van der Waals surface area contributed by atoms with E-state index in [1.54, 1.807) is 11.3 Å². The fraction of sp³-hybridized carbons (Fsp3) is 0.250. The van der Waals surface area contributed by atoms with Crippen LogP contribution in [0.25, 0.3) is 5.57 Å². The van der Waals surface area contributed by atoms with E-state index in [-0.39, 0.29) is 0 Å². The summed E-state index contributed by atoms with van der Waals surface area (Å²) in [5.74, 6) is 0. The summed E-state index contributed by atoms with van der Waals surface area (Å²) in [5.41, 5.74) is 1.29. The minimum atomic E-state index is 0.750. The molecule has 2 rings (SSSR count). The summed E-state index contributed by atoms with van der Waals surface area (Å²) in [6.07, 6.45) is 8.52. The largest absolute Gasteiger partial charge is 0.258 e. The molecule has 1 aliphatic rings. The average Bonchev–Trinajstić information content (AvgIpc) is 2.54. The highest BCUT2D eigenvalue weighted by Crippen LogP contribution is 2.24. The van der Waals surface area contributed by atoms with E-state index >= 15 is 0 Å². The van der Waals surface area contributed by atoms with Crippen LogP contribution in [0.15, 0.2) is 18.2 Å². The van der Waals surface area contributed by atoms with Gasteiger partial charge in [0.1, 0.15) is 5.01 Å². The lowest BCUT2D eigenvalue weighted by atomic mass is 10.1. The molecule has 0 fully saturated rings. The maximum Gasteiger partial charge on any atom is 0.176 e. The van der Waals surface area contributed by atoms with Crippen molar-refractivity contribution in [2.24, 2.45) is 0 Å². The van der Waals surface area contributed by atoms with Gasteiger partial charge >= 0.3 is 0 Å². The number of nitrogens with one attached hydrogen (secondary N) is 1. The van der Waals surface area contributed by atoms with Gasteiger partial charge in [-0.25, -0.2) is 0 Å². The molecule has 1 heterocycles. The first-order chi connectivity index (χ1) is 5.86. The lowest BCUT2D eigenvalue weighted by molar-refractivity contribution is 1.01. The molecule has 0 unspecified atom stereocenters. The van der Waals surface area contributed by atoms with Gasteiger partial charge in [0.15, 0.2) is 3.95 Å². The minimum absolute atomic E-state index is 0.750. The number of H-pyrrole nitrogens is 1. The lowest BCUT2D eigenvalue weighted by Crippen LogP contribution is -1.86. The lowest BCUT2D eigenvalue weighted by Gasteiger charge is -2.03. The Morgan fingerprint density at radius 1 is 1.58 bits per heavy atom. The van der Waals surface area contributed by atoms with E-state index in [1.165, 1.54) is 5.57 Å². The number of allylic oxidation sites excluding steroid dienone is 4. The van der Waals surface area contributed by atoms with Gasteiger partial charge in [-0.15, -0.1) is 0 Å². The van der Waals surface area contributed by atoms with Crippen molar-refractivity contribution in [3.63, 3.8) is 0 Å². The highest BCUT2D eigenvalue weighted by molar-refractivity contribution is 7.73. The van der Waals surface area contributed by atoms with Gasteiger partial charge in [-0.1, -0.05) is 29.6 Å². The van der Waals surface area contributed by atoms with E-state index in [0.717, 1.165) is 21.8 Å². The molecular weight excluding hydrogens is 188 g/mol. The van der Waals surface area contributed by atoms with E-state index in [2.05, 4.69) is 28.4 Å². The van der Waals surface area contributed by atoms with Gasteiger partial charge < -0.3 is 0 Å². The van der Waals surface area contributed by atoms with Gasteiger partial charge in [-0.2, -0.15) is 5.10 Å². The maximum absolute atomic E-state index is 4.96. The number of nitrogens with zero attached hydrogens (tertiary/aromatic N) is 1. The Morgan fingerprint density at radius 3 is 3.08 bits per heavy atom. The number of aromatic nitrogens is 2. The molecule has 1 aromatic heterocycles. The molecule has 2 nitrogen and oxygen atoms in total. The molecule has 62 valence electrons. The average molecular weight is 196 g/mol. The Kier molecular flexibility index (Phi) is 2.19. The summed E-state index contributed by atoms with van der Waals surface area (Å²) in [4.78, 5) is 0. The Morgan fingerprint density at radius 2 is 2.50 bits per heavy atom. The summed E-state index contributed by atoms with van der Waals surface area (Å²) in [6.45, 7) is 0. The summed E-state index contributed by atoms with van der Waals surface area (Å²) in [7, 11) is 0. The van der Waals surface area contributed by atoms with Crippen molar-refractivity contribution >= 4 is 29.1 Å². The van der Waals surface area contributed by atoms with E-state index in [9.17, 15) is 0 Å². The summed E-state index contributed by atoms with van der Waals surface area (Å²) >= 11 is 6.50. The van der Waals surface area contributed by atoms with E-state index in [1.807, 2.05) is 0 Å². The molecule has 4 heteroatoms. The molecule has 1 aliphatic carbocycles. The maximum atomic E-state index is 4.96. The van der Waals surface area contributed by atoms with E-state index in [4.69, 9.17) is 12.2 Å². The van der Waals surface area contributed by atoms with Crippen LogP contribution in [0.3, 0.4) is 0 Å². The van der Waals surface area contributed by atoms with Crippen molar-refractivity contribution in [3.8, 4) is 0 Å². The number of hydrogen-bond acceptors (Lipinski definition) is 3. The van der Waals surface area contributed by atoms with E-state index < -0.39 is 0 Å². The topological polar surface area (TPSA) is 28.7 Å². The van der Waals surface area contributed by atoms with Crippen molar-refractivity contribution in [1.29, 1.82) is 0 Å². The highest BCUT2D eigenvalue weighted by Gasteiger charge is 2.05. The quantitative estimate of drug-likeness (QED) is 0.700. The molecule has 0 radical (unpaired) electrons. The molecule has 0 aliphatic heterocycles. The van der Waals surface area contributed by atoms with Crippen LogP contribution in [-0.4, -0.2) is 10.2 Å². The molecule has 0 amide bonds. The predicted octanol–water partition coefficient (Wildman–Crippen LogP) is 2.93. The fourth-order valence-electron chi connectivity index (χ4n) is 1.15. The molecule has 0 spiro atoms. The van der Waals surface area contributed by atoms with Gasteiger partial charge in [-0.3, -0.25) is 5.10 Å². The molecule has 0 bridgehead atoms. The van der Waals surface area contributed by atoms with Gasteiger partial charge in [0.05, 0.1) is 0 Å². The first-order valence-electron chi connectivity index (χ1n) is 3.78. The van der Waals surface area contributed by atoms with Crippen LogP contribution in [0.2, 0.25) is 0 Å². The number of aromatic amines is 1. The van der Waals surface area contributed by atoms with Crippen LogP contribution in [0.4, 0.5) is 0 Å². The molecule has 0 saturated heterocycles. The molecule has 0 atom stereocenters. The zero-order valence-electron chi connectivity index (χ0n) is 6.41. The van der Waals surface area contributed by atoms with Crippen LogP contribution >= 0.6 is 23.6 Å².